The molecule has 0 saturated carbocycles. The van der Waals surface area contributed by atoms with Crippen LogP contribution >= 0.6 is 0 Å². The van der Waals surface area contributed by atoms with E-state index in [0.29, 0.717) is 39.8 Å². The first kappa shape index (κ1) is 22.4. The fourth-order valence-electron chi connectivity index (χ4n) is 3.92. The zero-order valence-corrected chi connectivity index (χ0v) is 19.0. The fourth-order valence-corrected chi connectivity index (χ4v) is 3.92. The molecule has 0 saturated heterocycles. The number of anilines is 2. The van der Waals surface area contributed by atoms with E-state index in [-0.39, 0.29) is 11.4 Å². The number of hydrogen-bond donors (Lipinski definition) is 1. The van der Waals surface area contributed by atoms with Crippen molar-refractivity contribution in [3.05, 3.63) is 72.4 Å². The number of rotatable bonds is 5. The maximum absolute atomic E-state index is 13.6. The summed E-state index contributed by atoms with van der Waals surface area (Å²) in [5, 5.41) is 7.52. The van der Waals surface area contributed by atoms with Crippen molar-refractivity contribution in [2.75, 3.05) is 12.4 Å². The second-order valence-electron chi connectivity index (χ2n) is 7.81. The molecule has 0 fully saturated rings. The zero-order chi connectivity index (χ0) is 24.7. The minimum atomic E-state index is -4.50. The first-order valence-corrected chi connectivity index (χ1v) is 10.6. The van der Waals surface area contributed by atoms with Crippen molar-refractivity contribution >= 4 is 22.5 Å². The Morgan fingerprint density at radius 2 is 1.83 bits per heavy atom. The summed E-state index contributed by atoms with van der Waals surface area (Å²) < 4.78 is 49.7. The van der Waals surface area contributed by atoms with Gasteiger partial charge >= 0.3 is 6.18 Å². The lowest BCUT2D eigenvalue weighted by molar-refractivity contribution is -0.137. The number of alkyl halides is 3. The van der Waals surface area contributed by atoms with Gasteiger partial charge in [0, 0.05) is 30.6 Å². The van der Waals surface area contributed by atoms with E-state index in [1.807, 2.05) is 12.1 Å². The number of halogens is 3. The van der Waals surface area contributed by atoms with Crippen molar-refractivity contribution in [2.24, 2.45) is 7.05 Å². The van der Waals surface area contributed by atoms with Crippen LogP contribution < -0.4 is 10.1 Å². The van der Waals surface area contributed by atoms with Crippen LogP contribution in [0.2, 0.25) is 0 Å². The molecule has 2 aromatic carbocycles. The number of pyridine rings is 1. The first-order chi connectivity index (χ1) is 16.8. The van der Waals surface area contributed by atoms with Crippen LogP contribution in [0.1, 0.15) is 11.4 Å². The molecule has 0 aliphatic carbocycles. The number of methoxy groups -OCH3 is 1. The van der Waals surface area contributed by atoms with Crippen LogP contribution in [0.4, 0.5) is 24.7 Å². The Balaban J connectivity index is 1.56. The highest BCUT2D eigenvalue weighted by Crippen LogP contribution is 2.38. The van der Waals surface area contributed by atoms with Gasteiger partial charge in [-0.2, -0.15) is 18.3 Å². The molecule has 5 rings (SSSR count). The average Bonchev–Trinajstić information content (AvgIpc) is 3.42. The first-order valence-electron chi connectivity index (χ1n) is 10.6. The van der Waals surface area contributed by atoms with Gasteiger partial charge in [-0.15, -0.1) is 0 Å². The Morgan fingerprint density at radius 1 is 1.03 bits per heavy atom. The number of nitrogens with zero attached hydrogens (tertiary/aromatic N) is 6. The highest BCUT2D eigenvalue weighted by atomic mass is 19.4. The summed E-state index contributed by atoms with van der Waals surface area (Å²) in [5.74, 6) is 1.77. The summed E-state index contributed by atoms with van der Waals surface area (Å²) in [7, 11) is 3.23. The number of hydrogen-bond acceptors (Lipinski definition) is 6. The minimum Gasteiger partial charge on any atom is -0.494 e. The molecule has 0 aliphatic rings. The molecule has 3 aromatic heterocycles. The fraction of sp³-hybridized carbons (Fsp3) is 0.167. The summed E-state index contributed by atoms with van der Waals surface area (Å²) in [4.78, 5) is 13.1. The molecule has 1 N–H and O–H groups in total. The predicted octanol–water partition coefficient (Wildman–Crippen LogP) is 5.30. The maximum Gasteiger partial charge on any atom is 0.417 e. The van der Waals surface area contributed by atoms with Gasteiger partial charge in [0.15, 0.2) is 5.82 Å². The Bertz CT molecular complexity index is 1540. The zero-order valence-electron chi connectivity index (χ0n) is 19.0. The SMILES string of the molecule is COc1cc(Nc2nccc3c2nc(-c2ccccc2C(F)(F)F)n3C)ccc1-n1cnc(C)n1. The smallest absolute Gasteiger partial charge is 0.417 e. The predicted molar refractivity (Wildman–Crippen MR) is 125 cm³/mol. The number of nitrogens with one attached hydrogen (secondary N) is 1. The quantitative estimate of drug-likeness (QED) is 0.369. The van der Waals surface area contributed by atoms with Crippen molar-refractivity contribution in [1.82, 2.24) is 29.3 Å². The van der Waals surface area contributed by atoms with E-state index in [4.69, 9.17) is 4.74 Å². The van der Waals surface area contributed by atoms with E-state index >= 15 is 0 Å². The summed E-state index contributed by atoms with van der Waals surface area (Å²) in [6.45, 7) is 1.79. The highest BCUT2D eigenvalue weighted by Gasteiger charge is 2.34. The average molecular weight is 479 g/mol. The van der Waals surface area contributed by atoms with Crippen molar-refractivity contribution in [1.29, 1.82) is 0 Å². The molecule has 0 spiro atoms. The molecular weight excluding hydrogens is 459 g/mol. The van der Waals surface area contributed by atoms with Gasteiger partial charge in [-0.3, -0.25) is 0 Å². The van der Waals surface area contributed by atoms with E-state index in [2.05, 4.69) is 25.4 Å². The molecule has 0 unspecified atom stereocenters. The van der Waals surface area contributed by atoms with E-state index in [1.165, 1.54) is 12.1 Å². The van der Waals surface area contributed by atoms with Crippen LogP contribution in [-0.4, -0.2) is 36.4 Å². The number of ether oxygens (including phenoxy) is 1. The van der Waals surface area contributed by atoms with Gasteiger partial charge in [0.1, 0.15) is 34.9 Å². The van der Waals surface area contributed by atoms with Crippen LogP contribution in [0, 0.1) is 6.92 Å². The molecule has 3 heterocycles. The van der Waals surface area contributed by atoms with Crippen molar-refractivity contribution in [3.8, 4) is 22.8 Å². The third-order valence-electron chi connectivity index (χ3n) is 5.57. The molecular formula is C24H20F3N7O. The Labute approximate surface area is 198 Å². The minimum absolute atomic E-state index is 0.00111. The second-order valence-corrected chi connectivity index (χ2v) is 7.81. The van der Waals surface area contributed by atoms with Gasteiger partial charge in [0.05, 0.1) is 18.2 Å². The van der Waals surface area contributed by atoms with Crippen LogP contribution in [0.25, 0.3) is 28.1 Å². The normalized spacial score (nSPS) is 11.7. The monoisotopic (exact) mass is 479 g/mol. The standard InChI is InChI=1S/C24H20F3N7O/c1-14-29-13-34(32-14)18-9-8-15(12-20(18)35-3)30-22-21-19(10-11-28-22)33(2)23(31-21)16-6-4-5-7-17(16)24(25,26)27/h4-13H,1-3H3,(H,28,30). The van der Waals surface area contributed by atoms with Crippen LogP contribution in [0.5, 0.6) is 5.75 Å². The third kappa shape index (κ3) is 4.05. The highest BCUT2D eigenvalue weighted by molar-refractivity contribution is 5.91. The summed E-state index contributed by atoms with van der Waals surface area (Å²) in [5.41, 5.74) is 1.69. The summed E-state index contributed by atoms with van der Waals surface area (Å²) in [6.07, 6.45) is -1.33. The Kier molecular flexibility index (Phi) is 5.39. The number of imidazole rings is 1. The van der Waals surface area contributed by atoms with E-state index in [9.17, 15) is 13.2 Å². The molecule has 5 aromatic rings. The third-order valence-corrected chi connectivity index (χ3v) is 5.57. The Morgan fingerprint density at radius 3 is 2.54 bits per heavy atom. The molecule has 11 heteroatoms. The maximum atomic E-state index is 13.6. The van der Waals surface area contributed by atoms with Gasteiger partial charge < -0.3 is 14.6 Å². The topological polar surface area (TPSA) is 82.7 Å². The van der Waals surface area contributed by atoms with Gasteiger partial charge in [0.2, 0.25) is 0 Å². The summed E-state index contributed by atoms with van der Waals surface area (Å²) in [6, 6.07) is 12.5. The molecule has 0 atom stereocenters. The van der Waals surface area contributed by atoms with Crippen LogP contribution in [-0.2, 0) is 13.2 Å². The van der Waals surface area contributed by atoms with E-state index in [0.717, 1.165) is 6.07 Å². The molecule has 8 nitrogen and oxygen atoms in total. The van der Waals surface area contributed by atoms with Crippen molar-refractivity contribution in [2.45, 2.75) is 13.1 Å². The number of aromatic nitrogens is 6. The van der Waals surface area contributed by atoms with Crippen LogP contribution in [0.15, 0.2) is 61.1 Å². The van der Waals surface area contributed by atoms with E-state index in [1.54, 1.807) is 61.1 Å². The number of fused-ring (bicyclic) bond motifs is 1. The van der Waals surface area contributed by atoms with Crippen LogP contribution in [0.3, 0.4) is 0 Å². The lowest BCUT2D eigenvalue weighted by Crippen LogP contribution is -2.08. The molecule has 35 heavy (non-hydrogen) atoms. The Hall–Kier alpha value is -4.41. The second kappa shape index (κ2) is 8.42. The molecule has 0 bridgehead atoms. The molecule has 178 valence electrons. The van der Waals surface area contributed by atoms with E-state index < -0.39 is 11.7 Å². The lowest BCUT2D eigenvalue weighted by atomic mass is 10.1. The number of aryl methyl sites for hydroxylation is 2. The van der Waals surface area contributed by atoms with Gasteiger partial charge in [0.25, 0.3) is 0 Å². The molecule has 0 radical (unpaired) electrons. The van der Waals surface area contributed by atoms with Crippen molar-refractivity contribution in [3.63, 3.8) is 0 Å². The van der Waals surface area contributed by atoms with Crippen molar-refractivity contribution < 1.29 is 17.9 Å². The van der Waals surface area contributed by atoms with Gasteiger partial charge in [-0.25, -0.2) is 19.6 Å². The number of benzene rings is 2. The van der Waals surface area contributed by atoms with Gasteiger partial charge in [-0.05, 0) is 31.2 Å². The molecule has 0 aliphatic heterocycles. The summed E-state index contributed by atoms with van der Waals surface area (Å²) >= 11 is 0. The van der Waals surface area contributed by atoms with Gasteiger partial charge in [-0.1, -0.05) is 18.2 Å². The lowest BCUT2D eigenvalue weighted by Gasteiger charge is -2.12. The molecule has 0 amide bonds. The largest absolute Gasteiger partial charge is 0.494 e.